The lowest BCUT2D eigenvalue weighted by Gasteiger charge is -2.24. The van der Waals surface area contributed by atoms with E-state index in [1.807, 2.05) is 0 Å². The summed E-state index contributed by atoms with van der Waals surface area (Å²) in [6.45, 7) is -3.24. The number of alkyl halides is 6. The van der Waals surface area contributed by atoms with E-state index in [2.05, 4.69) is 9.05 Å². The van der Waals surface area contributed by atoms with Crippen LogP contribution in [0.4, 0.5) is 26.3 Å². The Morgan fingerprint density at radius 1 is 1.10 bits per heavy atom. The minimum absolute atomic E-state index is 0.525. The average molecular weight is 332 g/mol. The second-order valence-corrected chi connectivity index (χ2v) is 5.80. The molecule has 0 saturated heterocycles. The SMILES string of the molecule is CCC(C(=O)O)P(=O)(OCC(F)(F)F)OCC(F)(F)F. The molecule has 120 valence electrons. The van der Waals surface area contributed by atoms with Gasteiger partial charge in [0.25, 0.3) is 0 Å². The summed E-state index contributed by atoms with van der Waals surface area (Å²) in [6.07, 6.45) is -10.5. The number of hydrogen-bond acceptors (Lipinski definition) is 4. The first kappa shape index (κ1) is 19.2. The molecule has 0 radical (unpaired) electrons. The monoisotopic (exact) mass is 332 g/mol. The molecule has 0 aliphatic rings. The fourth-order valence-corrected chi connectivity index (χ4v) is 2.88. The predicted octanol–water partition coefficient (Wildman–Crippen LogP) is 3.20. The summed E-state index contributed by atoms with van der Waals surface area (Å²) >= 11 is 0. The Morgan fingerprint density at radius 3 is 1.65 bits per heavy atom. The fourth-order valence-electron chi connectivity index (χ4n) is 1.08. The highest BCUT2D eigenvalue weighted by Crippen LogP contribution is 2.55. The van der Waals surface area contributed by atoms with Crippen LogP contribution < -0.4 is 0 Å². The second-order valence-electron chi connectivity index (χ2n) is 3.58. The van der Waals surface area contributed by atoms with Crippen molar-refractivity contribution in [2.24, 2.45) is 0 Å². The van der Waals surface area contributed by atoms with Gasteiger partial charge in [0.05, 0.1) is 0 Å². The van der Waals surface area contributed by atoms with Crippen LogP contribution in [0.3, 0.4) is 0 Å². The van der Waals surface area contributed by atoms with E-state index in [4.69, 9.17) is 5.11 Å². The molecular weight excluding hydrogens is 321 g/mol. The minimum Gasteiger partial charge on any atom is -0.481 e. The first-order valence-electron chi connectivity index (χ1n) is 5.06. The number of rotatable bonds is 7. The summed E-state index contributed by atoms with van der Waals surface area (Å²) in [4.78, 5) is 10.7. The Kier molecular flexibility index (Phi) is 6.50. The quantitative estimate of drug-likeness (QED) is 0.572. The number of carboxylic acids is 1. The van der Waals surface area contributed by atoms with Crippen LogP contribution in [-0.2, 0) is 18.4 Å². The maximum Gasteiger partial charge on any atom is 0.412 e. The Balaban J connectivity index is 5.12. The van der Waals surface area contributed by atoms with Crippen molar-refractivity contribution >= 4 is 13.6 Å². The molecule has 0 bridgehead atoms. The highest BCUT2D eigenvalue weighted by molar-refractivity contribution is 7.55. The van der Waals surface area contributed by atoms with Gasteiger partial charge in [0, 0.05) is 0 Å². The van der Waals surface area contributed by atoms with Crippen molar-refractivity contribution in [3.8, 4) is 0 Å². The van der Waals surface area contributed by atoms with Gasteiger partial charge in [0.2, 0.25) is 0 Å². The van der Waals surface area contributed by atoms with Gasteiger partial charge in [0.1, 0.15) is 0 Å². The van der Waals surface area contributed by atoms with Crippen molar-refractivity contribution in [2.75, 3.05) is 13.2 Å². The molecule has 12 heteroatoms. The third kappa shape index (κ3) is 7.11. The summed E-state index contributed by atoms with van der Waals surface area (Å²) in [6, 6.07) is 0. The molecule has 5 nitrogen and oxygen atoms in total. The number of carbonyl (C=O) groups is 1. The Morgan fingerprint density at radius 2 is 1.45 bits per heavy atom. The lowest BCUT2D eigenvalue weighted by molar-refractivity contribution is -0.167. The number of aliphatic carboxylic acids is 1. The van der Waals surface area contributed by atoms with Gasteiger partial charge >= 0.3 is 25.9 Å². The van der Waals surface area contributed by atoms with Crippen LogP contribution in [0.5, 0.6) is 0 Å². The maximum atomic E-state index is 12.0. The Hall–Kier alpha value is -0.800. The van der Waals surface area contributed by atoms with Crippen LogP contribution in [-0.4, -0.2) is 42.3 Å². The molecule has 1 unspecified atom stereocenters. The van der Waals surface area contributed by atoms with Crippen molar-refractivity contribution < 1.29 is 49.9 Å². The molecule has 0 aliphatic carbocycles. The molecule has 0 heterocycles. The standard InChI is InChI=1S/C8H11F6O5P/c1-2-5(6(15)16)20(17,18-3-7(9,10)11)19-4-8(12,13)14/h5H,2-4H2,1H3,(H,15,16). The van der Waals surface area contributed by atoms with Gasteiger partial charge in [-0.15, -0.1) is 0 Å². The molecule has 0 aliphatic heterocycles. The van der Waals surface area contributed by atoms with Gasteiger partial charge in [-0.25, -0.2) is 0 Å². The van der Waals surface area contributed by atoms with Gasteiger partial charge in [-0.05, 0) is 6.42 Å². The van der Waals surface area contributed by atoms with Gasteiger partial charge in [-0.1, -0.05) is 6.92 Å². The largest absolute Gasteiger partial charge is 0.481 e. The Bertz CT molecular complexity index is 357. The predicted molar refractivity (Wildman–Crippen MR) is 53.3 cm³/mol. The zero-order chi connectivity index (χ0) is 16.2. The van der Waals surface area contributed by atoms with Crippen molar-refractivity contribution in [3.05, 3.63) is 0 Å². The molecule has 0 amide bonds. The lowest BCUT2D eigenvalue weighted by atomic mass is 10.3. The fraction of sp³-hybridized carbons (Fsp3) is 0.875. The topological polar surface area (TPSA) is 72.8 Å². The summed E-state index contributed by atoms with van der Waals surface area (Å²) in [5.74, 6) is -1.87. The van der Waals surface area contributed by atoms with Crippen LogP contribution in [0.2, 0.25) is 0 Å². The third-order valence-corrected chi connectivity index (χ3v) is 4.20. The zero-order valence-electron chi connectivity index (χ0n) is 9.99. The molecule has 0 saturated carbocycles. The van der Waals surface area contributed by atoms with E-state index in [9.17, 15) is 35.7 Å². The van der Waals surface area contributed by atoms with Crippen LogP contribution >= 0.6 is 7.60 Å². The van der Waals surface area contributed by atoms with Crippen molar-refractivity contribution in [1.29, 1.82) is 0 Å². The Labute approximate surface area is 109 Å². The molecule has 0 aromatic rings. The molecule has 0 aromatic heterocycles. The first-order chi connectivity index (χ1) is 8.81. The molecule has 1 N–H and O–H groups in total. The van der Waals surface area contributed by atoms with E-state index in [0.29, 0.717) is 0 Å². The van der Waals surface area contributed by atoms with E-state index in [1.165, 1.54) is 0 Å². The zero-order valence-corrected chi connectivity index (χ0v) is 10.9. The van der Waals surface area contributed by atoms with Crippen LogP contribution in [0.25, 0.3) is 0 Å². The summed E-state index contributed by atoms with van der Waals surface area (Å²) < 4.78 is 91.3. The van der Waals surface area contributed by atoms with Gasteiger partial charge in [-0.3, -0.25) is 18.4 Å². The smallest absolute Gasteiger partial charge is 0.412 e. The van der Waals surface area contributed by atoms with Gasteiger partial charge in [0.15, 0.2) is 18.9 Å². The van der Waals surface area contributed by atoms with E-state index >= 15 is 0 Å². The molecule has 0 fully saturated rings. The second kappa shape index (κ2) is 6.77. The molecular formula is C8H11F6O5P. The molecule has 20 heavy (non-hydrogen) atoms. The van der Waals surface area contributed by atoms with E-state index < -0.39 is 51.2 Å². The van der Waals surface area contributed by atoms with Gasteiger partial charge < -0.3 is 5.11 Å². The minimum atomic E-state index is -5.12. The van der Waals surface area contributed by atoms with Crippen LogP contribution in [0.15, 0.2) is 0 Å². The number of carboxylic acid groups (broad SMARTS) is 1. The van der Waals surface area contributed by atoms with Crippen LogP contribution in [0.1, 0.15) is 13.3 Å². The van der Waals surface area contributed by atoms with E-state index in [0.717, 1.165) is 6.92 Å². The average Bonchev–Trinajstić information content (AvgIpc) is 2.22. The van der Waals surface area contributed by atoms with E-state index in [-0.39, 0.29) is 0 Å². The third-order valence-electron chi connectivity index (χ3n) is 1.87. The van der Waals surface area contributed by atoms with Gasteiger partial charge in [-0.2, -0.15) is 26.3 Å². The van der Waals surface area contributed by atoms with Crippen molar-refractivity contribution in [2.45, 2.75) is 31.4 Å². The highest BCUT2D eigenvalue weighted by atomic mass is 31.2. The van der Waals surface area contributed by atoms with Crippen molar-refractivity contribution in [1.82, 2.24) is 0 Å². The summed E-state index contributed by atoms with van der Waals surface area (Å²) in [7, 11) is -5.12. The molecule has 0 spiro atoms. The summed E-state index contributed by atoms with van der Waals surface area (Å²) in [5, 5.41) is 8.67. The first-order valence-corrected chi connectivity index (χ1v) is 6.67. The maximum absolute atomic E-state index is 12.0. The molecule has 1 atom stereocenters. The number of hydrogen-bond donors (Lipinski definition) is 1. The summed E-state index contributed by atoms with van der Waals surface area (Å²) in [5.41, 5.74) is -2.12. The normalized spacial score (nSPS) is 15.2. The number of halogens is 6. The highest BCUT2D eigenvalue weighted by Gasteiger charge is 2.45. The van der Waals surface area contributed by atoms with Crippen LogP contribution in [0, 0.1) is 0 Å². The molecule has 0 aromatic carbocycles. The van der Waals surface area contributed by atoms with E-state index in [1.54, 1.807) is 0 Å². The van der Waals surface area contributed by atoms with Crippen molar-refractivity contribution in [3.63, 3.8) is 0 Å². The molecule has 0 rings (SSSR count). The lowest BCUT2D eigenvalue weighted by Crippen LogP contribution is -2.27.